The summed E-state index contributed by atoms with van der Waals surface area (Å²) in [5.41, 5.74) is 7.47. The first-order valence-electron chi connectivity index (χ1n) is 5.68. The van der Waals surface area contributed by atoms with E-state index in [9.17, 15) is 0 Å². The van der Waals surface area contributed by atoms with Crippen LogP contribution in [0.3, 0.4) is 0 Å². The Bertz CT molecular complexity index is 536. The molecular formula is C13H15ClN4. The van der Waals surface area contributed by atoms with Crippen molar-refractivity contribution >= 4 is 23.4 Å². The maximum absolute atomic E-state index is 6.15. The topological polar surface area (TPSA) is 63.8 Å². The molecular weight excluding hydrogens is 248 g/mol. The molecule has 0 bridgehead atoms. The van der Waals surface area contributed by atoms with Crippen LogP contribution in [0.4, 0.5) is 11.8 Å². The van der Waals surface area contributed by atoms with Crippen LogP contribution in [0.5, 0.6) is 0 Å². The van der Waals surface area contributed by atoms with Gasteiger partial charge in [0.1, 0.15) is 5.82 Å². The molecule has 4 nitrogen and oxygen atoms in total. The molecule has 1 atom stereocenters. The molecule has 2 rings (SSSR count). The lowest BCUT2D eigenvalue weighted by molar-refractivity contribution is 0.872. The van der Waals surface area contributed by atoms with Crippen molar-refractivity contribution in [2.75, 3.05) is 11.1 Å². The molecule has 2 aromatic rings. The third-order valence-corrected chi connectivity index (χ3v) is 2.95. The summed E-state index contributed by atoms with van der Waals surface area (Å²) in [6, 6.07) is 9.62. The van der Waals surface area contributed by atoms with Crippen molar-refractivity contribution in [3.8, 4) is 0 Å². The molecule has 1 heterocycles. The van der Waals surface area contributed by atoms with Gasteiger partial charge in [0.2, 0.25) is 5.95 Å². The molecule has 1 unspecified atom stereocenters. The van der Waals surface area contributed by atoms with Crippen molar-refractivity contribution in [1.82, 2.24) is 9.97 Å². The summed E-state index contributed by atoms with van der Waals surface area (Å²) in [4.78, 5) is 8.17. The van der Waals surface area contributed by atoms with E-state index in [0.29, 0.717) is 5.82 Å². The Morgan fingerprint density at radius 3 is 2.67 bits per heavy atom. The number of nitrogen functional groups attached to an aromatic ring is 1. The Kier molecular flexibility index (Phi) is 3.67. The lowest BCUT2D eigenvalue weighted by atomic mass is 10.1. The van der Waals surface area contributed by atoms with Crippen LogP contribution in [0.25, 0.3) is 0 Å². The van der Waals surface area contributed by atoms with Crippen molar-refractivity contribution in [2.24, 2.45) is 0 Å². The van der Waals surface area contributed by atoms with Gasteiger partial charge in [0.05, 0.1) is 6.04 Å². The van der Waals surface area contributed by atoms with Crippen LogP contribution in [0.15, 0.2) is 30.3 Å². The van der Waals surface area contributed by atoms with Crippen molar-refractivity contribution in [2.45, 2.75) is 19.9 Å². The number of hydrogen-bond donors (Lipinski definition) is 2. The predicted octanol–water partition coefficient (Wildman–Crippen LogP) is 3.19. The first-order chi connectivity index (χ1) is 8.56. The molecule has 0 amide bonds. The minimum Gasteiger partial charge on any atom is -0.368 e. The Balaban J connectivity index is 2.21. The van der Waals surface area contributed by atoms with Crippen molar-refractivity contribution in [3.63, 3.8) is 0 Å². The monoisotopic (exact) mass is 262 g/mol. The Morgan fingerprint density at radius 2 is 2.00 bits per heavy atom. The number of rotatable bonds is 3. The fraction of sp³-hybridized carbons (Fsp3) is 0.231. The molecule has 0 aliphatic carbocycles. The Hall–Kier alpha value is -1.81. The Morgan fingerprint density at radius 1 is 1.28 bits per heavy atom. The van der Waals surface area contributed by atoms with E-state index in [1.165, 1.54) is 0 Å². The van der Waals surface area contributed by atoms with Crippen LogP contribution < -0.4 is 11.1 Å². The molecule has 18 heavy (non-hydrogen) atoms. The van der Waals surface area contributed by atoms with Crippen molar-refractivity contribution < 1.29 is 0 Å². The smallest absolute Gasteiger partial charge is 0.222 e. The number of aryl methyl sites for hydroxylation is 1. The number of nitrogens with one attached hydrogen (secondary N) is 1. The molecule has 0 spiro atoms. The Labute approximate surface area is 111 Å². The highest BCUT2D eigenvalue weighted by Crippen LogP contribution is 2.25. The second kappa shape index (κ2) is 5.23. The number of benzene rings is 1. The number of anilines is 2. The van der Waals surface area contributed by atoms with E-state index >= 15 is 0 Å². The van der Waals surface area contributed by atoms with E-state index in [4.69, 9.17) is 17.3 Å². The van der Waals surface area contributed by atoms with Crippen LogP contribution in [-0.2, 0) is 0 Å². The molecule has 1 aromatic carbocycles. The number of nitrogens with zero attached hydrogens (tertiary/aromatic N) is 2. The first-order valence-corrected chi connectivity index (χ1v) is 6.06. The summed E-state index contributed by atoms with van der Waals surface area (Å²) in [5.74, 6) is 0.969. The van der Waals surface area contributed by atoms with Gasteiger partial charge < -0.3 is 11.1 Å². The first kappa shape index (κ1) is 12.6. The number of nitrogens with two attached hydrogens (primary N) is 1. The molecule has 94 valence electrons. The van der Waals surface area contributed by atoms with Gasteiger partial charge in [-0.2, -0.15) is 4.98 Å². The molecule has 0 saturated carbocycles. The summed E-state index contributed by atoms with van der Waals surface area (Å²) >= 11 is 6.15. The summed E-state index contributed by atoms with van der Waals surface area (Å²) in [6.45, 7) is 3.90. The minimum absolute atomic E-state index is 0.0485. The standard InChI is InChI=1S/C13H15ClN4/c1-8-7-12(18-13(15)16-8)17-9(2)10-5-3-4-6-11(10)14/h3-7,9H,1-2H3,(H3,15,16,17,18). The molecule has 1 aromatic heterocycles. The molecule has 0 aliphatic heterocycles. The van der Waals surface area contributed by atoms with E-state index in [1.54, 1.807) is 0 Å². The average Bonchev–Trinajstić information content (AvgIpc) is 2.27. The highest BCUT2D eigenvalue weighted by atomic mass is 35.5. The zero-order valence-corrected chi connectivity index (χ0v) is 11.1. The molecule has 0 aliphatic rings. The van der Waals surface area contributed by atoms with Crippen LogP contribution in [0.1, 0.15) is 24.2 Å². The van der Waals surface area contributed by atoms with Crippen LogP contribution in [0.2, 0.25) is 5.02 Å². The van der Waals surface area contributed by atoms with E-state index in [-0.39, 0.29) is 12.0 Å². The fourth-order valence-corrected chi connectivity index (χ4v) is 2.09. The third kappa shape index (κ3) is 2.90. The summed E-state index contributed by atoms with van der Waals surface area (Å²) in [6.07, 6.45) is 0. The summed E-state index contributed by atoms with van der Waals surface area (Å²) < 4.78 is 0. The van der Waals surface area contributed by atoms with Gasteiger partial charge in [0.15, 0.2) is 0 Å². The van der Waals surface area contributed by atoms with E-state index in [0.717, 1.165) is 16.3 Å². The summed E-state index contributed by atoms with van der Waals surface area (Å²) in [7, 11) is 0. The number of halogens is 1. The minimum atomic E-state index is 0.0485. The van der Waals surface area contributed by atoms with Gasteiger partial charge in [-0.15, -0.1) is 0 Å². The molecule has 0 radical (unpaired) electrons. The van der Waals surface area contributed by atoms with Gasteiger partial charge in [-0.1, -0.05) is 29.8 Å². The van der Waals surface area contributed by atoms with Gasteiger partial charge in [-0.3, -0.25) is 0 Å². The second-order valence-corrected chi connectivity index (χ2v) is 4.55. The second-order valence-electron chi connectivity index (χ2n) is 4.14. The molecule has 0 saturated heterocycles. The maximum atomic E-state index is 6.15. The zero-order valence-electron chi connectivity index (χ0n) is 10.3. The van der Waals surface area contributed by atoms with Crippen LogP contribution in [-0.4, -0.2) is 9.97 Å². The lowest BCUT2D eigenvalue weighted by Gasteiger charge is -2.16. The fourth-order valence-electron chi connectivity index (χ4n) is 1.79. The maximum Gasteiger partial charge on any atom is 0.222 e. The van der Waals surface area contributed by atoms with Gasteiger partial charge in [0, 0.05) is 16.8 Å². The van der Waals surface area contributed by atoms with Crippen molar-refractivity contribution in [3.05, 3.63) is 46.6 Å². The van der Waals surface area contributed by atoms with Crippen LogP contribution >= 0.6 is 11.6 Å². The quantitative estimate of drug-likeness (QED) is 0.892. The molecule has 3 N–H and O–H groups in total. The molecule has 0 fully saturated rings. The van der Waals surface area contributed by atoms with Gasteiger partial charge in [-0.05, 0) is 25.5 Å². The normalized spacial score (nSPS) is 12.2. The average molecular weight is 263 g/mol. The van der Waals surface area contributed by atoms with E-state index in [2.05, 4.69) is 15.3 Å². The third-order valence-electron chi connectivity index (χ3n) is 2.61. The highest BCUT2D eigenvalue weighted by molar-refractivity contribution is 6.31. The van der Waals surface area contributed by atoms with Crippen LogP contribution in [0, 0.1) is 6.92 Å². The van der Waals surface area contributed by atoms with E-state index in [1.807, 2.05) is 44.2 Å². The molecule has 5 heteroatoms. The highest BCUT2D eigenvalue weighted by Gasteiger charge is 2.10. The predicted molar refractivity (Wildman–Crippen MR) is 74.7 cm³/mol. The summed E-state index contributed by atoms with van der Waals surface area (Å²) in [5, 5.41) is 4.00. The SMILES string of the molecule is Cc1cc(NC(C)c2ccccc2Cl)nc(N)n1. The number of hydrogen-bond acceptors (Lipinski definition) is 4. The van der Waals surface area contributed by atoms with Crippen molar-refractivity contribution in [1.29, 1.82) is 0 Å². The van der Waals surface area contributed by atoms with Gasteiger partial charge >= 0.3 is 0 Å². The largest absolute Gasteiger partial charge is 0.368 e. The zero-order chi connectivity index (χ0) is 13.1. The van der Waals surface area contributed by atoms with Gasteiger partial charge in [0.25, 0.3) is 0 Å². The lowest BCUT2D eigenvalue weighted by Crippen LogP contribution is -2.10. The number of aromatic nitrogens is 2. The van der Waals surface area contributed by atoms with Gasteiger partial charge in [-0.25, -0.2) is 4.98 Å². The van der Waals surface area contributed by atoms with E-state index < -0.39 is 0 Å².